The Morgan fingerprint density at radius 2 is 1.87 bits per heavy atom. The Balaban J connectivity index is 2.51. The van der Waals surface area contributed by atoms with Crippen molar-refractivity contribution in [3.05, 3.63) is 54.2 Å². The third kappa shape index (κ3) is 4.04. The van der Waals surface area contributed by atoms with E-state index in [2.05, 4.69) is 13.2 Å². The zero-order valence-corrected chi connectivity index (χ0v) is 9.34. The first-order valence-electron chi connectivity index (χ1n) is 4.39. The SMILES string of the molecule is C=C(OC(=O)C(=C)C)Sc1ccccc1. The Labute approximate surface area is 93.6 Å². The summed E-state index contributed by atoms with van der Waals surface area (Å²) in [5, 5.41) is 0.356. The summed E-state index contributed by atoms with van der Waals surface area (Å²) in [6.07, 6.45) is 0. The van der Waals surface area contributed by atoms with Crippen LogP contribution in [0.1, 0.15) is 6.92 Å². The summed E-state index contributed by atoms with van der Waals surface area (Å²) in [5.74, 6) is -0.441. The van der Waals surface area contributed by atoms with Crippen molar-refractivity contribution in [1.82, 2.24) is 0 Å². The highest BCUT2D eigenvalue weighted by molar-refractivity contribution is 8.02. The highest BCUT2D eigenvalue weighted by Crippen LogP contribution is 2.25. The number of carbonyl (C=O) groups excluding carboxylic acids is 1. The van der Waals surface area contributed by atoms with Crippen LogP contribution in [-0.4, -0.2) is 5.97 Å². The third-order valence-electron chi connectivity index (χ3n) is 1.53. The Bertz CT molecular complexity index is 382. The average molecular weight is 220 g/mol. The van der Waals surface area contributed by atoms with Gasteiger partial charge >= 0.3 is 5.97 Å². The molecule has 15 heavy (non-hydrogen) atoms. The fourth-order valence-electron chi connectivity index (χ4n) is 0.831. The van der Waals surface area contributed by atoms with Gasteiger partial charge in [-0.1, -0.05) is 36.5 Å². The summed E-state index contributed by atoms with van der Waals surface area (Å²) in [7, 11) is 0. The number of rotatable bonds is 4. The lowest BCUT2D eigenvalue weighted by Gasteiger charge is -2.05. The van der Waals surface area contributed by atoms with Gasteiger partial charge in [-0.25, -0.2) is 4.79 Å². The fraction of sp³-hybridized carbons (Fsp3) is 0.0833. The van der Waals surface area contributed by atoms with Gasteiger partial charge in [-0.15, -0.1) is 0 Å². The van der Waals surface area contributed by atoms with Crippen LogP contribution in [0.25, 0.3) is 0 Å². The molecule has 1 aromatic carbocycles. The molecule has 0 amide bonds. The van der Waals surface area contributed by atoms with E-state index in [-0.39, 0.29) is 0 Å². The van der Waals surface area contributed by atoms with Gasteiger partial charge in [-0.2, -0.15) is 0 Å². The Morgan fingerprint density at radius 1 is 1.27 bits per heavy atom. The van der Waals surface area contributed by atoms with Crippen LogP contribution >= 0.6 is 11.8 Å². The zero-order chi connectivity index (χ0) is 11.3. The summed E-state index contributed by atoms with van der Waals surface area (Å²) in [5.41, 5.74) is 0.366. The number of esters is 1. The van der Waals surface area contributed by atoms with E-state index in [1.165, 1.54) is 11.8 Å². The number of hydrogen-bond donors (Lipinski definition) is 0. The molecule has 0 aliphatic rings. The van der Waals surface area contributed by atoms with E-state index in [4.69, 9.17) is 4.74 Å². The molecule has 0 heterocycles. The fourth-order valence-corrected chi connectivity index (χ4v) is 1.50. The minimum Gasteiger partial charge on any atom is -0.416 e. The van der Waals surface area contributed by atoms with E-state index in [0.717, 1.165) is 4.90 Å². The molecule has 1 aromatic rings. The molecule has 0 saturated carbocycles. The first-order chi connectivity index (χ1) is 7.09. The second-order valence-electron chi connectivity index (χ2n) is 2.96. The van der Waals surface area contributed by atoms with Crippen molar-refractivity contribution in [2.45, 2.75) is 11.8 Å². The topological polar surface area (TPSA) is 26.3 Å². The lowest BCUT2D eigenvalue weighted by atomic mass is 10.4. The number of carbonyl (C=O) groups is 1. The van der Waals surface area contributed by atoms with Crippen LogP contribution in [0.5, 0.6) is 0 Å². The van der Waals surface area contributed by atoms with E-state index < -0.39 is 5.97 Å². The van der Waals surface area contributed by atoms with Gasteiger partial charge < -0.3 is 4.74 Å². The summed E-state index contributed by atoms with van der Waals surface area (Å²) < 4.78 is 4.95. The Hall–Kier alpha value is -1.48. The normalized spacial score (nSPS) is 9.40. The van der Waals surface area contributed by atoms with Crippen LogP contribution in [0.3, 0.4) is 0 Å². The number of benzene rings is 1. The van der Waals surface area contributed by atoms with Crippen LogP contribution < -0.4 is 0 Å². The summed E-state index contributed by atoms with van der Waals surface area (Å²) >= 11 is 1.31. The molecule has 0 aliphatic heterocycles. The molecule has 0 spiro atoms. The lowest BCUT2D eigenvalue weighted by Crippen LogP contribution is -2.02. The van der Waals surface area contributed by atoms with Gasteiger partial charge in [-0.3, -0.25) is 0 Å². The van der Waals surface area contributed by atoms with Crippen molar-refractivity contribution in [1.29, 1.82) is 0 Å². The first-order valence-corrected chi connectivity index (χ1v) is 5.20. The maximum Gasteiger partial charge on any atom is 0.339 e. The van der Waals surface area contributed by atoms with E-state index in [1.807, 2.05) is 30.3 Å². The molecule has 1 rings (SSSR count). The van der Waals surface area contributed by atoms with Crippen LogP contribution in [0, 0.1) is 0 Å². The van der Waals surface area contributed by atoms with E-state index in [9.17, 15) is 4.79 Å². The largest absolute Gasteiger partial charge is 0.416 e. The van der Waals surface area contributed by atoms with Gasteiger partial charge in [0.2, 0.25) is 0 Å². The van der Waals surface area contributed by atoms with Crippen molar-refractivity contribution in [2.24, 2.45) is 0 Å². The minimum absolute atomic E-state index is 0.356. The van der Waals surface area contributed by atoms with Gasteiger partial charge in [0, 0.05) is 10.5 Å². The first kappa shape index (κ1) is 11.6. The highest BCUT2D eigenvalue weighted by Gasteiger charge is 2.06. The standard InChI is InChI=1S/C12H12O2S/c1-9(2)12(13)14-10(3)15-11-7-5-4-6-8-11/h4-8H,1,3H2,2H3. The smallest absolute Gasteiger partial charge is 0.339 e. The molecule has 0 saturated heterocycles. The van der Waals surface area contributed by atoms with Crippen LogP contribution in [0.4, 0.5) is 0 Å². The van der Waals surface area contributed by atoms with Crippen molar-refractivity contribution >= 4 is 17.7 Å². The Kier molecular flexibility index (Phi) is 4.18. The summed E-state index contributed by atoms with van der Waals surface area (Å²) in [4.78, 5) is 12.1. The second kappa shape index (κ2) is 5.41. The zero-order valence-electron chi connectivity index (χ0n) is 8.53. The second-order valence-corrected chi connectivity index (χ2v) is 4.09. The Morgan fingerprint density at radius 3 is 2.40 bits per heavy atom. The van der Waals surface area contributed by atoms with E-state index >= 15 is 0 Å². The minimum atomic E-state index is -0.441. The molecule has 0 bridgehead atoms. The van der Waals surface area contributed by atoms with Crippen molar-refractivity contribution in [3.8, 4) is 0 Å². The van der Waals surface area contributed by atoms with Gasteiger partial charge in [0.1, 0.15) is 0 Å². The van der Waals surface area contributed by atoms with Crippen LogP contribution in [0.2, 0.25) is 0 Å². The highest BCUT2D eigenvalue weighted by atomic mass is 32.2. The third-order valence-corrected chi connectivity index (χ3v) is 2.35. The maximum absolute atomic E-state index is 11.1. The molecule has 0 radical (unpaired) electrons. The molecule has 78 valence electrons. The van der Waals surface area contributed by atoms with Gasteiger partial charge in [0.15, 0.2) is 5.09 Å². The molecule has 0 fully saturated rings. The lowest BCUT2D eigenvalue weighted by molar-refractivity contribution is -0.133. The molecule has 0 atom stereocenters. The molecule has 2 nitrogen and oxygen atoms in total. The molecule has 3 heteroatoms. The van der Waals surface area contributed by atoms with Gasteiger partial charge in [0.25, 0.3) is 0 Å². The van der Waals surface area contributed by atoms with Crippen molar-refractivity contribution in [3.63, 3.8) is 0 Å². The molecule has 0 N–H and O–H groups in total. The van der Waals surface area contributed by atoms with Crippen molar-refractivity contribution in [2.75, 3.05) is 0 Å². The molecule has 0 aliphatic carbocycles. The predicted molar refractivity (Wildman–Crippen MR) is 62.3 cm³/mol. The quantitative estimate of drug-likeness (QED) is 0.337. The molecule has 0 unspecified atom stereocenters. The van der Waals surface area contributed by atoms with Crippen LogP contribution in [-0.2, 0) is 9.53 Å². The van der Waals surface area contributed by atoms with E-state index in [1.54, 1.807) is 6.92 Å². The van der Waals surface area contributed by atoms with E-state index in [0.29, 0.717) is 10.7 Å². The van der Waals surface area contributed by atoms with Gasteiger partial charge in [0.05, 0.1) is 0 Å². The predicted octanol–water partition coefficient (Wildman–Crippen LogP) is 3.37. The average Bonchev–Trinajstić information content (AvgIpc) is 2.18. The van der Waals surface area contributed by atoms with Crippen molar-refractivity contribution < 1.29 is 9.53 Å². The van der Waals surface area contributed by atoms with Gasteiger partial charge in [-0.05, 0) is 25.6 Å². The summed E-state index contributed by atoms with van der Waals surface area (Å²) in [6.45, 7) is 8.74. The maximum atomic E-state index is 11.1. The number of hydrogen-bond acceptors (Lipinski definition) is 3. The number of ether oxygens (including phenoxy) is 1. The molecular weight excluding hydrogens is 208 g/mol. The molecule has 0 aromatic heterocycles. The summed E-state index contributed by atoms with van der Waals surface area (Å²) in [6, 6.07) is 9.59. The number of thioether (sulfide) groups is 1. The monoisotopic (exact) mass is 220 g/mol. The molecular formula is C12H12O2S. The van der Waals surface area contributed by atoms with Crippen LogP contribution in [0.15, 0.2) is 59.0 Å².